The van der Waals surface area contributed by atoms with Crippen molar-refractivity contribution in [2.75, 3.05) is 17.7 Å². The molecule has 21 heavy (non-hydrogen) atoms. The van der Waals surface area contributed by atoms with E-state index in [4.69, 9.17) is 22.1 Å². The van der Waals surface area contributed by atoms with Gasteiger partial charge in [-0.05, 0) is 46.3 Å². The number of nitrogens with two attached hydrogens (primary N) is 1. The van der Waals surface area contributed by atoms with Crippen LogP contribution in [0.25, 0.3) is 0 Å². The molecule has 0 aromatic heterocycles. The normalized spacial score (nSPS) is 10.2. The molecule has 2 aromatic carbocycles. The first-order chi connectivity index (χ1) is 9.95. The summed E-state index contributed by atoms with van der Waals surface area (Å²) in [6, 6.07) is 8.98. The summed E-state index contributed by atoms with van der Waals surface area (Å²) in [5, 5.41) is 2.91. The summed E-state index contributed by atoms with van der Waals surface area (Å²) in [7, 11) is 0. The molecule has 0 unspecified atom stereocenters. The quantitative estimate of drug-likeness (QED) is 0.800. The number of halogens is 3. The molecule has 0 bridgehead atoms. The number of hydrogen-bond acceptors (Lipinski definition) is 3. The lowest BCUT2D eigenvalue weighted by Crippen LogP contribution is -2.20. The second kappa shape index (κ2) is 6.78. The number of anilines is 2. The van der Waals surface area contributed by atoms with Gasteiger partial charge in [-0.2, -0.15) is 0 Å². The predicted octanol–water partition coefficient (Wildman–Crippen LogP) is 3.84. The minimum absolute atomic E-state index is 0.259. The Balaban J connectivity index is 1.94. The van der Waals surface area contributed by atoms with E-state index in [2.05, 4.69) is 21.2 Å². The van der Waals surface area contributed by atoms with Crippen LogP contribution in [-0.4, -0.2) is 12.5 Å². The van der Waals surface area contributed by atoms with Crippen molar-refractivity contribution in [3.8, 4) is 5.75 Å². The van der Waals surface area contributed by atoms with E-state index < -0.39 is 11.7 Å². The highest BCUT2D eigenvalue weighted by Gasteiger charge is 2.08. The summed E-state index contributed by atoms with van der Waals surface area (Å²) in [4.78, 5) is 11.7. The molecule has 0 heterocycles. The summed E-state index contributed by atoms with van der Waals surface area (Å²) in [6.45, 7) is -0.262. The third-order valence-corrected chi connectivity index (χ3v) is 3.48. The van der Waals surface area contributed by atoms with Gasteiger partial charge in [-0.25, -0.2) is 4.39 Å². The van der Waals surface area contributed by atoms with Gasteiger partial charge in [-0.15, -0.1) is 0 Å². The maximum atomic E-state index is 13.3. The lowest BCUT2D eigenvalue weighted by molar-refractivity contribution is -0.118. The fraction of sp³-hybridized carbons (Fsp3) is 0.0714. The number of nitrogen functional groups attached to an aromatic ring is 1. The molecule has 0 fully saturated rings. The number of amides is 1. The third kappa shape index (κ3) is 4.34. The molecule has 0 saturated heterocycles. The molecule has 1 amide bonds. The molecule has 2 rings (SSSR count). The van der Waals surface area contributed by atoms with Crippen LogP contribution in [0.2, 0.25) is 5.02 Å². The number of rotatable bonds is 4. The van der Waals surface area contributed by atoms with Crippen molar-refractivity contribution in [1.29, 1.82) is 0 Å². The minimum Gasteiger partial charge on any atom is -0.484 e. The molecule has 0 aliphatic rings. The van der Waals surface area contributed by atoms with Gasteiger partial charge in [-0.3, -0.25) is 4.79 Å². The molecule has 4 nitrogen and oxygen atoms in total. The zero-order valence-corrected chi connectivity index (χ0v) is 13.0. The molecule has 0 aliphatic carbocycles. The first kappa shape index (κ1) is 15.6. The van der Waals surface area contributed by atoms with Crippen LogP contribution in [0.15, 0.2) is 40.9 Å². The molecule has 0 spiro atoms. The maximum Gasteiger partial charge on any atom is 0.262 e. The van der Waals surface area contributed by atoms with Gasteiger partial charge < -0.3 is 15.8 Å². The van der Waals surface area contributed by atoms with Crippen LogP contribution >= 0.6 is 27.5 Å². The molecular formula is C14H11BrClFN2O2. The van der Waals surface area contributed by atoms with Gasteiger partial charge >= 0.3 is 0 Å². The van der Waals surface area contributed by atoms with Crippen molar-refractivity contribution in [2.45, 2.75) is 0 Å². The van der Waals surface area contributed by atoms with E-state index in [1.54, 1.807) is 18.2 Å². The van der Waals surface area contributed by atoms with Crippen molar-refractivity contribution in [1.82, 2.24) is 0 Å². The Morgan fingerprint density at radius 1 is 1.33 bits per heavy atom. The minimum atomic E-state index is -0.463. The van der Waals surface area contributed by atoms with Crippen molar-refractivity contribution >= 4 is 44.8 Å². The fourth-order valence-electron chi connectivity index (χ4n) is 1.53. The smallest absolute Gasteiger partial charge is 0.262 e. The van der Waals surface area contributed by atoms with E-state index in [1.165, 1.54) is 18.2 Å². The van der Waals surface area contributed by atoms with Gasteiger partial charge in [0.05, 0.1) is 15.2 Å². The third-order valence-electron chi connectivity index (χ3n) is 2.53. The summed E-state index contributed by atoms with van der Waals surface area (Å²) < 4.78 is 18.8. The molecule has 7 heteroatoms. The number of benzene rings is 2. The number of nitrogens with one attached hydrogen (secondary N) is 1. The molecule has 3 N–H and O–H groups in total. The Hall–Kier alpha value is -1.79. The van der Waals surface area contributed by atoms with Crippen molar-refractivity contribution < 1.29 is 13.9 Å². The average molecular weight is 374 g/mol. The lowest BCUT2D eigenvalue weighted by atomic mass is 10.3. The fourth-order valence-corrected chi connectivity index (χ4v) is 2.02. The van der Waals surface area contributed by atoms with Crippen LogP contribution in [-0.2, 0) is 4.79 Å². The average Bonchev–Trinajstić information content (AvgIpc) is 2.43. The van der Waals surface area contributed by atoms with Crippen molar-refractivity contribution in [3.05, 3.63) is 51.7 Å². The second-order valence-corrected chi connectivity index (χ2v) is 5.41. The van der Waals surface area contributed by atoms with E-state index in [1.807, 2.05) is 0 Å². The largest absolute Gasteiger partial charge is 0.484 e. The van der Waals surface area contributed by atoms with Crippen LogP contribution in [0, 0.1) is 5.82 Å². The standard InChI is InChI=1S/C14H11BrClFN2O2/c15-10-3-2-9(6-12(10)17)21-7-14(20)19-13-4-1-8(18)5-11(13)16/h1-6H,7,18H2,(H,19,20). The maximum absolute atomic E-state index is 13.3. The zero-order valence-electron chi connectivity index (χ0n) is 10.7. The van der Waals surface area contributed by atoms with Crippen LogP contribution in [0.4, 0.5) is 15.8 Å². The number of hydrogen-bond donors (Lipinski definition) is 2. The molecule has 0 saturated carbocycles. The van der Waals surface area contributed by atoms with E-state index >= 15 is 0 Å². The van der Waals surface area contributed by atoms with Gasteiger partial charge in [0.25, 0.3) is 5.91 Å². The van der Waals surface area contributed by atoms with E-state index in [9.17, 15) is 9.18 Å². The molecule has 0 aliphatic heterocycles. The Bertz CT molecular complexity index is 682. The number of carbonyl (C=O) groups excluding carboxylic acids is 1. The summed E-state index contributed by atoms with van der Waals surface area (Å²) >= 11 is 8.97. The van der Waals surface area contributed by atoms with Gasteiger partial charge in [-0.1, -0.05) is 11.6 Å². The van der Waals surface area contributed by atoms with Gasteiger partial charge in [0.15, 0.2) is 6.61 Å². The Labute approximate surface area is 134 Å². The lowest BCUT2D eigenvalue weighted by Gasteiger charge is -2.09. The second-order valence-electron chi connectivity index (χ2n) is 4.15. The summed E-state index contributed by atoms with van der Waals surface area (Å²) in [5.74, 6) is -0.617. The van der Waals surface area contributed by atoms with E-state index in [0.717, 1.165) is 0 Å². The Morgan fingerprint density at radius 3 is 2.76 bits per heavy atom. The van der Waals surface area contributed by atoms with Gasteiger partial charge in [0.1, 0.15) is 11.6 Å². The predicted molar refractivity (Wildman–Crippen MR) is 84.1 cm³/mol. The van der Waals surface area contributed by atoms with Gasteiger partial charge in [0, 0.05) is 11.8 Å². The Kier molecular flexibility index (Phi) is 5.03. The van der Waals surface area contributed by atoms with E-state index in [0.29, 0.717) is 20.9 Å². The highest BCUT2D eigenvalue weighted by Crippen LogP contribution is 2.24. The first-order valence-electron chi connectivity index (χ1n) is 5.88. The van der Waals surface area contributed by atoms with Crippen LogP contribution in [0.1, 0.15) is 0 Å². The number of ether oxygens (including phenoxy) is 1. The van der Waals surface area contributed by atoms with Crippen LogP contribution in [0.3, 0.4) is 0 Å². The Morgan fingerprint density at radius 2 is 2.10 bits per heavy atom. The summed E-state index contributed by atoms with van der Waals surface area (Å²) in [5.41, 5.74) is 6.49. The van der Waals surface area contributed by atoms with E-state index in [-0.39, 0.29) is 12.4 Å². The highest BCUT2D eigenvalue weighted by molar-refractivity contribution is 9.10. The molecule has 110 valence electrons. The first-order valence-corrected chi connectivity index (χ1v) is 7.05. The zero-order chi connectivity index (χ0) is 15.4. The number of carbonyl (C=O) groups is 1. The molecule has 2 aromatic rings. The van der Waals surface area contributed by atoms with Crippen molar-refractivity contribution in [3.63, 3.8) is 0 Å². The van der Waals surface area contributed by atoms with Gasteiger partial charge in [0.2, 0.25) is 0 Å². The topological polar surface area (TPSA) is 64.3 Å². The van der Waals surface area contributed by atoms with Crippen LogP contribution < -0.4 is 15.8 Å². The SMILES string of the molecule is Nc1ccc(NC(=O)COc2ccc(Br)c(F)c2)c(Cl)c1. The monoisotopic (exact) mass is 372 g/mol. The van der Waals surface area contributed by atoms with Crippen LogP contribution in [0.5, 0.6) is 5.75 Å². The highest BCUT2D eigenvalue weighted by atomic mass is 79.9. The molecule has 0 radical (unpaired) electrons. The molecule has 0 atom stereocenters. The molecular weight excluding hydrogens is 363 g/mol. The van der Waals surface area contributed by atoms with Crippen molar-refractivity contribution in [2.24, 2.45) is 0 Å². The summed E-state index contributed by atoms with van der Waals surface area (Å²) in [6.07, 6.45) is 0.